The van der Waals surface area contributed by atoms with Crippen molar-refractivity contribution >= 4 is 34.8 Å². The summed E-state index contributed by atoms with van der Waals surface area (Å²) in [4.78, 5) is 0. The summed E-state index contributed by atoms with van der Waals surface area (Å²) in [6.07, 6.45) is 0. The van der Waals surface area contributed by atoms with E-state index in [-0.39, 0.29) is 0 Å². The first kappa shape index (κ1) is 15.7. The van der Waals surface area contributed by atoms with Crippen molar-refractivity contribution in [3.63, 3.8) is 0 Å². The summed E-state index contributed by atoms with van der Waals surface area (Å²) in [6.45, 7) is 5.02. The first-order valence-corrected chi connectivity index (χ1v) is 7.58. The minimum atomic E-state index is 0.423. The second-order valence-corrected chi connectivity index (χ2v) is 6.22. The van der Waals surface area contributed by atoms with Gasteiger partial charge in [0.05, 0.1) is 10.0 Å². The van der Waals surface area contributed by atoms with Gasteiger partial charge in [0, 0.05) is 17.6 Å². The Hall–Kier alpha value is -0.730. The van der Waals surface area contributed by atoms with E-state index in [0.29, 0.717) is 21.1 Å². The molecule has 0 atom stereocenters. The lowest BCUT2D eigenvalue weighted by Gasteiger charge is -2.14. The van der Waals surface area contributed by atoms with Crippen molar-refractivity contribution in [2.75, 3.05) is 0 Å². The maximum absolute atomic E-state index is 6.12. The van der Waals surface area contributed by atoms with E-state index >= 15 is 0 Å². The van der Waals surface area contributed by atoms with Gasteiger partial charge in [0.2, 0.25) is 0 Å². The summed E-state index contributed by atoms with van der Waals surface area (Å²) < 4.78 is 0. The van der Waals surface area contributed by atoms with Crippen LogP contribution in [-0.2, 0) is 6.54 Å². The van der Waals surface area contributed by atoms with Crippen LogP contribution in [0.25, 0.3) is 11.1 Å². The summed E-state index contributed by atoms with van der Waals surface area (Å²) in [5.41, 5.74) is 3.27. The normalized spacial score (nSPS) is 11.1. The predicted molar refractivity (Wildman–Crippen MR) is 88.9 cm³/mol. The van der Waals surface area contributed by atoms with Gasteiger partial charge in [-0.2, -0.15) is 0 Å². The molecule has 0 fully saturated rings. The van der Waals surface area contributed by atoms with E-state index in [1.54, 1.807) is 6.07 Å². The zero-order chi connectivity index (χ0) is 14.7. The van der Waals surface area contributed by atoms with Crippen molar-refractivity contribution in [1.29, 1.82) is 0 Å². The Morgan fingerprint density at radius 2 is 1.70 bits per heavy atom. The standard InChI is InChI=1S/C16H16Cl3N/c1-10(2)20-9-12-3-5-13(17)8-14(12)11-4-6-15(18)16(19)7-11/h3-8,10,20H,9H2,1-2H3. The number of hydrogen-bond donors (Lipinski definition) is 1. The molecule has 1 nitrogen and oxygen atoms in total. The first-order valence-electron chi connectivity index (χ1n) is 6.44. The van der Waals surface area contributed by atoms with Gasteiger partial charge in [0.25, 0.3) is 0 Å². The van der Waals surface area contributed by atoms with Crippen LogP contribution in [0.15, 0.2) is 36.4 Å². The van der Waals surface area contributed by atoms with E-state index in [2.05, 4.69) is 19.2 Å². The van der Waals surface area contributed by atoms with Crippen LogP contribution in [0.1, 0.15) is 19.4 Å². The third kappa shape index (κ3) is 3.89. The Labute approximate surface area is 134 Å². The zero-order valence-electron chi connectivity index (χ0n) is 11.4. The highest BCUT2D eigenvalue weighted by Crippen LogP contribution is 2.32. The van der Waals surface area contributed by atoms with Crippen molar-refractivity contribution in [2.24, 2.45) is 0 Å². The number of benzene rings is 2. The molecule has 0 aliphatic rings. The first-order chi connectivity index (χ1) is 9.47. The molecule has 106 valence electrons. The quantitative estimate of drug-likeness (QED) is 0.746. The molecule has 0 aromatic heterocycles. The second kappa shape index (κ2) is 6.82. The SMILES string of the molecule is CC(C)NCc1ccc(Cl)cc1-c1ccc(Cl)c(Cl)c1. The fourth-order valence-corrected chi connectivity index (χ4v) is 2.42. The highest BCUT2D eigenvalue weighted by atomic mass is 35.5. The molecule has 0 saturated heterocycles. The van der Waals surface area contributed by atoms with Crippen LogP contribution in [0.2, 0.25) is 15.1 Å². The van der Waals surface area contributed by atoms with E-state index in [1.807, 2.05) is 30.3 Å². The molecule has 4 heteroatoms. The zero-order valence-corrected chi connectivity index (χ0v) is 13.7. The van der Waals surface area contributed by atoms with Crippen molar-refractivity contribution in [3.05, 3.63) is 57.0 Å². The molecule has 0 aliphatic carbocycles. The molecule has 0 spiro atoms. The van der Waals surface area contributed by atoms with Gasteiger partial charge in [-0.3, -0.25) is 0 Å². The van der Waals surface area contributed by atoms with Gasteiger partial charge >= 0.3 is 0 Å². The lowest BCUT2D eigenvalue weighted by molar-refractivity contribution is 0.589. The number of nitrogens with one attached hydrogen (secondary N) is 1. The Kier molecular flexibility index (Phi) is 5.34. The van der Waals surface area contributed by atoms with E-state index in [0.717, 1.165) is 17.7 Å². The average Bonchev–Trinajstić information content (AvgIpc) is 2.40. The maximum Gasteiger partial charge on any atom is 0.0598 e. The van der Waals surface area contributed by atoms with E-state index in [1.165, 1.54) is 5.56 Å². The summed E-state index contributed by atoms with van der Waals surface area (Å²) in [5, 5.41) is 5.23. The third-order valence-corrected chi connectivity index (χ3v) is 3.98. The average molecular weight is 329 g/mol. The van der Waals surface area contributed by atoms with Crippen LogP contribution < -0.4 is 5.32 Å². The molecule has 0 heterocycles. The highest BCUT2D eigenvalue weighted by Gasteiger charge is 2.08. The van der Waals surface area contributed by atoms with Gasteiger partial charge in [-0.25, -0.2) is 0 Å². The van der Waals surface area contributed by atoms with Gasteiger partial charge in [0.1, 0.15) is 0 Å². The lowest BCUT2D eigenvalue weighted by Crippen LogP contribution is -2.22. The van der Waals surface area contributed by atoms with Crippen molar-refractivity contribution < 1.29 is 0 Å². The molecular weight excluding hydrogens is 313 g/mol. The fourth-order valence-electron chi connectivity index (χ4n) is 1.95. The van der Waals surface area contributed by atoms with Crippen LogP contribution in [0.3, 0.4) is 0 Å². The Bertz CT molecular complexity index is 609. The molecule has 2 aromatic carbocycles. The fraction of sp³-hybridized carbons (Fsp3) is 0.250. The second-order valence-electron chi connectivity index (χ2n) is 4.97. The summed E-state index contributed by atoms with van der Waals surface area (Å²) in [6, 6.07) is 12.0. The van der Waals surface area contributed by atoms with Gasteiger partial charge in [-0.05, 0) is 41.0 Å². The summed E-state index contributed by atoms with van der Waals surface area (Å²) >= 11 is 18.2. The number of rotatable bonds is 4. The smallest absolute Gasteiger partial charge is 0.0598 e. The summed E-state index contributed by atoms with van der Waals surface area (Å²) in [7, 11) is 0. The van der Waals surface area contributed by atoms with Crippen molar-refractivity contribution in [1.82, 2.24) is 5.32 Å². The third-order valence-electron chi connectivity index (χ3n) is 3.00. The molecule has 0 unspecified atom stereocenters. The molecule has 0 aliphatic heterocycles. The van der Waals surface area contributed by atoms with Crippen LogP contribution in [0.5, 0.6) is 0 Å². The van der Waals surface area contributed by atoms with E-state index < -0.39 is 0 Å². The van der Waals surface area contributed by atoms with Crippen LogP contribution in [0.4, 0.5) is 0 Å². The highest BCUT2D eigenvalue weighted by molar-refractivity contribution is 6.42. The molecule has 1 N–H and O–H groups in total. The molecule has 2 rings (SSSR count). The molecule has 0 radical (unpaired) electrons. The molecular formula is C16H16Cl3N. The topological polar surface area (TPSA) is 12.0 Å². The van der Waals surface area contributed by atoms with Gasteiger partial charge < -0.3 is 5.32 Å². The Morgan fingerprint density at radius 3 is 2.35 bits per heavy atom. The Morgan fingerprint density at radius 1 is 0.950 bits per heavy atom. The van der Waals surface area contributed by atoms with Crippen molar-refractivity contribution in [2.45, 2.75) is 26.4 Å². The molecule has 20 heavy (non-hydrogen) atoms. The van der Waals surface area contributed by atoms with Crippen LogP contribution in [0, 0.1) is 0 Å². The monoisotopic (exact) mass is 327 g/mol. The molecule has 0 saturated carbocycles. The lowest BCUT2D eigenvalue weighted by atomic mass is 9.99. The van der Waals surface area contributed by atoms with Crippen LogP contribution in [-0.4, -0.2) is 6.04 Å². The van der Waals surface area contributed by atoms with E-state index in [9.17, 15) is 0 Å². The van der Waals surface area contributed by atoms with Gasteiger partial charge in [0.15, 0.2) is 0 Å². The van der Waals surface area contributed by atoms with Crippen LogP contribution >= 0.6 is 34.8 Å². The molecule has 0 bridgehead atoms. The number of hydrogen-bond acceptors (Lipinski definition) is 1. The Balaban J connectivity index is 2.42. The largest absolute Gasteiger partial charge is 0.310 e. The molecule has 0 amide bonds. The van der Waals surface area contributed by atoms with Crippen molar-refractivity contribution in [3.8, 4) is 11.1 Å². The minimum absolute atomic E-state index is 0.423. The number of halogens is 3. The van der Waals surface area contributed by atoms with Gasteiger partial charge in [-0.1, -0.05) is 60.8 Å². The minimum Gasteiger partial charge on any atom is -0.310 e. The molecule has 2 aromatic rings. The van der Waals surface area contributed by atoms with Gasteiger partial charge in [-0.15, -0.1) is 0 Å². The maximum atomic E-state index is 6.12. The predicted octanol–water partition coefficient (Wildman–Crippen LogP) is 5.81. The van der Waals surface area contributed by atoms with E-state index in [4.69, 9.17) is 34.8 Å². The summed E-state index contributed by atoms with van der Waals surface area (Å²) in [5.74, 6) is 0.